The first-order chi connectivity index (χ1) is 16.0. The number of carbonyl (C=O) groups is 1. The standard InChI is InChI=1S/C25H21N3O4S/c29-25(22-17-24(32-27-22)19-8-3-1-4-9-19)26-20-14-13-18-10-7-15-28(23(18)16-20)33(30,31)21-11-5-2-6-12-21/h1-6,8-9,11-14,16-17H,7,10,15H2,(H,26,29). The molecule has 4 aromatic rings. The third-order valence-corrected chi connectivity index (χ3v) is 7.38. The third-order valence-electron chi connectivity index (χ3n) is 5.55. The number of anilines is 2. The summed E-state index contributed by atoms with van der Waals surface area (Å²) in [6.45, 7) is 0.380. The van der Waals surface area contributed by atoms with Gasteiger partial charge in [-0.25, -0.2) is 8.42 Å². The predicted molar refractivity (Wildman–Crippen MR) is 126 cm³/mol. The average molecular weight is 460 g/mol. The average Bonchev–Trinajstić information content (AvgIpc) is 3.35. The molecule has 166 valence electrons. The summed E-state index contributed by atoms with van der Waals surface area (Å²) in [5, 5.41) is 6.68. The summed E-state index contributed by atoms with van der Waals surface area (Å²) in [5.41, 5.74) is 2.94. The Morgan fingerprint density at radius 3 is 2.42 bits per heavy atom. The quantitative estimate of drug-likeness (QED) is 0.466. The zero-order valence-electron chi connectivity index (χ0n) is 17.6. The molecule has 8 heteroatoms. The van der Waals surface area contributed by atoms with Crippen LogP contribution in [0.5, 0.6) is 0 Å². The Kier molecular flexibility index (Phi) is 5.43. The molecule has 2 heterocycles. The first-order valence-corrected chi connectivity index (χ1v) is 12.0. The molecule has 1 aliphatic rings. The van der Waals surface area contributed by atoms with Crippen LogP contribution in [-0.2, 0) is 16.4 Å². The van der Waals surface area contributed by atoms with Crippen LogP contribution in [0, 0.1) is 0 Å². The number of nitrogens with zero attached hydrogens (tertiary/aromatic N) is 2. The SMILES string of the molecule is O=C(Nc1ccc2c(c1)N(S(=O)(=O)c1ccccc1)CCC2)c1cc(-c2ccccc2)on1. The fourth-order valence-corrected chi connectivity index (χ4v) is 5.46. The van der Waals surface area contributed by atoms with E-state index in [1.165, 1.54) is 4.31 Å². The molecule has 1 aliphatic heterocycles. The van der Waals surface area contributed by atoms with Gasteiger partial charge in [-0.1, -0.05) is 59.8 Å². The lowest BCUT2D eigenvalue weighted by Gasteiger charge is -2.31. The second-order valence-electron chi connectivity index (χ2n) is 7.73. The minimum atomic E-state index is -3.71. The minimum Gasteiger partial charge on any atom is -0.355 e. The molecule has 33 heavy (non-hydrogen) atoms. The topological polar surface area (TPSA) is 92.5 Å². The van der Waals surface area contributed by atoms with E-state index in [1.807, 2.05) is 36.4 Å². The summed E-state index contributed by atoms with van der Waals surface area (Å²) in [6.07, 6.45) is 1.50. The Morgan fingerprint density at radius 2 is 1.67 bits per heavy atom. The molecule has 0 saturated carbocycles. The van der Waals surface area contributed by atoms with Gasteiger partial charge < -0.3 is 9.84 Å². The summed E-state index contributed by atoms with van der Waals surface area (Å²) < 4.78 is 33.2. The smallest absolute Gasteiger partial charge is 0.277 e. The lowest BCUT2D eigenvalue weighted by molar-refractivity contribution is 0.101. The number of aryl methyl sites for hydroxylation is 1. The van der Waals surface area contributed by atoms with E-state index in [-0.39, 0.29) is 10.6 Å². The molecule has 1 amide bonds. The molecule has 3 aromatic carbocycles. The van der Waals surface area contributed by atoms with E-state index in [1.54, 1.807) is 48.5 Å². The van der Waals surface area contributed by atoms with Crippen LogP contribution in [-0.4, -0.2) is 26.0 Å². The van der Waals surface area contributed by atoms with Crippen molar-refractivity contribution in [1.29, 1.82) is 0 Å². The van der Waals surface area contributed by atoms with Gasteiger partial charge in [-0.2, -0.15) is 0 Å². The van der Waals surface area contributed by atoms with E-state index in [4.69, 9.17) is 4.52 Å². The maximum atomic E-state index is 13.3. The van der Waals surface area contributed by atoms with Gasteiger partial charge in [0.25, 0.3) is 15.9 Å². The Labute approximate surface area is 191 Å². The summed E-state index contributed by atoms with van der Waals surface area (Å²) in [7, 11) is -3.71. The highest BCUT2D eigenvalue weighted by Crippen LogP contribution is 2.34. The molecule has 0 radical (unpaired) electrons. The summed E-state index contributed by atoms with van der Waals surface area (Å²) in [4.78, 5) is 13.0. The summed E-state index contributed by atoms with van der Waals surface area (Å²) in [6, 6.07) is 24.7. The first kappa shape index (κ1) is 21.0. The largest absolute Gasteiger partial charge is 0.355 e. The Bertz CT molecular complexity index is 1400. The monoisotopic (exact) mass is 459 g/mol. The minimum absolute atomic E-state index is 0.139. The molecular formula is C25H21N3O4S. The van der Waals surface area contributed by atoms with Gasteiger partial charge in [0.05, 0.1) is 10.6 Å². The maximum absolute atomic E-state index is 13.3. The van der Waals surface area contributed by atoms with Crippen LogP contribution < -0.4 is 9.62 Å². The van der Waals surface area contributed by atoms with E-state index >= 15 is 0 Å². The number of fused-ring (bicyclic) bond motifs is 1. The van der Waals surface area contributed by atoms with Crippen LogP contribution in [0.2, 0.25) is 0 Å². The molecule has 0 saturated heterocycles. The van der Waals surface area contributed by atoms with E-state index in [0.29, 0.717) is 23.7 Å². The molecular weight excluding hydrogens is 438 g/mol. The predicted octanol–water partition coefficient (Wildman–Crippen LogP) is 4.74. The third kappa shape index (κ3) is 4.12. The van der Waals surface area contributed by atoms with E-state index in [9.17, 15) is 13.2 Å². The van der Waals surface area contributed by atoms with E-state index < -0.39 is 15.9 Å². The number of hydrogen-bond acceptors (Lipinski definition) is 5. The molecule has 0 unspecified atom stereocenters. The Balaban J connectivity index is 1.41. The van der Waals surface area contributed by atoms with Gasteiger partial charge in [-0.15, -0.1) is 0 Å². The number of nitrogens with one attached hydrogen (secondary N) is 1. The normalized spacial score (nSPS) is 13.4. The highest BCUT2D eigenvalue weighted by Gasteiger charge is 2.29. The number of benzene rings is 3. The molecule has 7 nitrogen and oxygen atoms in total. The number of carbonyl (C=O) groups excluding carboxylic acids is 1. The Hall–Kier alpha value is -3.91. The zero-order chi connectivity index (χ0) is 22.8. The van der Waals surface area contributed by atoms with Crippen LogP contribution in [0.1, 0.15) is 22.5 Å². The van der Waals surface area contributed by atoms with Gasteiger partial charge in [-0.05, 0) is 42.7 Å². The Morgan fingerprint density at radius 1 is 0.939 bits per heavy atom. The van der Waals surface area contributed by atoms with Gasteiger partial charge >= 0.3 is 0 Å². The number of sulfonamides is 1. The summed E-state index contributed by atoms with van der Waals surface area (Å²) >= 11 is 0. The van der Waals surface area contributed by atoms with Gasteiger partial charge in [0.1, 0.15) is 0 Å². The van der Waals surface area contributed by atoms with Crippen LogP contribution >= 0.6 is 0 Å². The first-order valence-electron chi connectivity index (χ1n) is 10.6. The van der Waals surface area contributed by atoms with Crippen molar-refractivity contribution in [2.24, 2.45) is 0 Å². The fraction of sp³-hybridized carbons (Fsp3) is 0.120. The van der Waals surface area contributed by atoms with Crippen molar-refractivity contribution in [3.8, 4) is 11.3 Å². The number of amides is 1. The van der Waals surface area contributed by atoms with E-state index in [0.717, 1.165) is 24.0 Å². The second kappa shape index (κ2) is 8.55. The number of rotatable bonds is 5. The van der Waals surface area contributed by atoms with Crippen molar-refractivity contribution in [3.63, 3.8) is 0 Å². The molecule has 0 atom stereocenters. The molecule has 1 aromatic heterocycles. The van der Waals surface area contributed by atoms with Crippen LogP contribution in [0.15, 0.2) is 94.3 Å². The van der Waals surface area contributed by atoms with Crippen molar-refractivity contribution in [2.75, 3.05) is 16.2 Å². The number of aromatic nitrogens is 1. The van der Waals surface area contributed by atoms with Crippen LogP contribution in [0.4, 0.5) is 11.4 Å². The van der Waals surface area contributed by atoms with Crippen molar-refractivity contribution in [2.45, 2.75) is 17.7 Å². The van der Waals surface area contributed by atoms with Crippen molar-refractivity contribution >= 4 is 27.3 Å². The fourth-order valence-electron chi connectivity index (χ4n) is 3.90. The molecule has 0 fully saturated rings. The maximum Gasteiger partial charge on any atom is 0.277 e. The lowest BCUT2D eigenvalue weighted by Crippen LogP contribution is -2.35. The van der Waals surface area contributed by atoms with Gasteiger partial charge in [-0.3, -0.25) is 9.10 Å². The zero-order valence-corrected chi connectivity index (χ0v) is 18.5. The highest BCUT2D eigenvalue weighted by atomic mass is 32.2. The highest BCUT2D eigenvalue weighted by molar-refractivity contribution is 7.92. The lowest BCUT2D eigenvalue weighted by atomic mass is 10.0. The van der Waals surface area contributed by atoms with Crippen molar-refractivity contribution < 1.29 is 17.7 Å². The van der Waals surface area contributed by atoms with E-state index in [2.05, 4.69) is 10.5 Å². The second-order valence-corrected chi connectivity index (χ2v) is 9.60. The summed E-state index contributed by atoms with van der Waals surface area (Å²) in [5.74, 6) is 0.0560. The number of hydrogen-bond donors (Lipinski definition) is 1. The van der Waals surface area contributed by atoms with Crippen LogP contribution in [0.25, 0.3) is 11.3 Å². The molecule has 1 N–H and O–H groups in total. The van der Waals surface area contributed by atoms with Crippen molar-refractivity contribution in [1.82, 2.24) is 5.16 Å². The molecule has 0 spiro atoms. The van der Waals surface area contributed by atoms with Gasteiger partial charge in [0.2, 0.25) is 0 Å². The molecule has 0 bridgehead atoms. The molecule has 0 aliphatic carbocycles. The van der Waals surface area contributed by atoms with Crippen LogP contribution in [0.3, 0.4) is 0 Å². The van der Waals surface area contributed by atoms with Crippen molar-refractivity contribution in [3.05, 3.63) is 96.2 Å². The van der Waals surface area contributed by atoms with Gasteiger partial charge in [0, 0.05) is 23.9 Å². The van der Waals surface area contributed by atoms with Gasteiger partial charge in [0.15, 0.2) is 11.5 Å². The molecule has 5 rings (SSSR count).